The van der Waals surface area contributed by atoms with E-state index in [1.807, 2.05) is 19.1 Å². The van der Waals surface area contributed by atoms with E-state index in [1.165, 1.54) is 0 Å². The van der Waals surface area contributed by atoms with E-state index in [4.69, 9.17) is 16.3 Å². The molecule has 2 rings (SSSR count). The molecule has 0 amide bonds. The molecule has 0 radical (unpaired) electrons. The van der Waals surface area contributed by atoms with E-state index in [0.717, 1.165) is 35.7 Å². The summed E-state index contributed by atoms with van der Waals surface area (Å²) in [7, 11) is 4.12. The zero-order valence-electron chi connectivity index (χ0n) is 11.7. The molecule has 0 aliphatic heterocycles. The summed E-state index contributed by atoms with van der Waals surface area (Å²) in [5, 5.41) is 0. The number of para-hydroxylation sites is 1. The third-order valence-electron chi connectivity index (χ3n) is 3.01. The van der Waals surface area contributed by atoms with Gasteiger partial charge in [-0.1, -0.05) is 6.07 Å². The fourth-order valence-corrected chi connectivity index (χ4v) is 2.30. The van der Waals surface area contributed by atoms with Crippen LogP contribution < -0.4 is 4.74 Å². The largest absolute Gasteiger partial charge is 0.492 e. The van der Waals surface area contributed by atoms with Crippen molar-refractivity contribution in [3.05, 3.63) is 24.0 Å². The summed E-state index contributed by atoms with van der Waals surface area (Å²) in [6.45, 7) is 4.44. The van der Waals surface area contributed by atoms with Crippen LogP contribution in [0.15, 0.2) is 18.2 Å². The second-order valence-electron chi connectivity index (χ2n) is 4.67. The standard InChI is InChI=1S/C14H20ClN3O/c1-4-19-12-7-5-6-11-14(12)16-13(10-15)18(11)9-8-17(2)3/h5-7H,4,8-10H2,1-3H3. The molecule has 1 aromatic carbocycles. The molecule has 1 aromatic heterocycles. The van der Waals surface area contributed by atoms with Gasteiger partial charge >= 0.3 is 0 Å². The number of rotatable bonds is 6. The van der Waals surface area contributed by atoms with Crippen LogP contribution in [0.3, 0.4) is 0 Å². The van der Waals surface area contributed by atoms with Gasteiger partial charge in [0.1, 0.15) is 17.1 Å². The molecule has 0 fully saturated rings. The number of imidazole rings is 1. The maximum atomic E-state index is 6.01. The van der Waals surface area contributed by atoms with E-state index < -0.39 is 0 Å². The SMILES string of the molecule is CCOc1cccc2c1nc(CCl)n2CCN(C)C. The average molecular weight is 282 g/mol. The molecule has 0 aliphatic carbocycles. The highest BCUT2D eigenvalue weighted by molar-refractivity contribution is 6.16. The van der Waals surface area contributed by atoms with Crippen LogP contribution in [0.5, 0.6) is 5.75 Å². The van der Waals surface area contributed by atoms with E-state index in [9.17, 15) is 0 Å². The second-order valence-corrected chi connectivity index (χ2v) is 4.94. The Morgan fingerprint density at radius 3 is 2.79 bits per heavy atom. The Labute approximate surface area is 118 Å². The van der Waals surface area contributed by atoms with E-state index in [1.54, 1.807) is 0 Å². The van der Waals surface area contributed by atoms with Gasteiger partial charge < -0.3 is 14.2 Å². The van der Waals surface area contributed by atoms with Crippen LogP contribution in [-0.2, 0) is 12.4 Å². The summed E-state index contributed by atoms with van der Waals surface area (Å²) >= 11 is 6.01. The second kappa shape index (κ2) is 6.26. The van der Waals surface area contributed by atoms with Gasteiger partial charge in [0.25, 0.3) is 0 Å². The van der Waals surface area contributed by atoms with Crippen molar-refractivity contribution >= 4 is 22.6 Å². The van der Waals surface area contributed by atoms with Crippen LogP contribution in [0.4, 0.5) is 0 Å². The first-order valence-electron chi connectivity index (χ1n) is 6.49. The molecule has 0 atom stereocenters. The Balaban J connectivity index is 2.45. The molecule has 5 heteroatoms. The summed E-state index contributed by atoms with van der Waals surface area (Å²) in [6.07, 6.45) is 0. The lowest BCUT2D eigenvalue weighted by Gasteiger charge is -2.12. The Morgan fingerprint density at radius 1 is 1.37 bits per heavy atom. The van der Waals surface area contributed by atoms with Crippen LogP contribution >= 0.6 is 11.6 Å². The van der Waals surface area contributed by atoms with Crippen LogP contribution in [0.1, 0.15) is 12.7 Å². The number of halogens is 1. The van der Waals surface area contributed by atoms with E-state index in [0.29, 0.717) is 12.5 Å². The molecule has 0 saturated carbocycles. The lowest BCUT2D eigenvalue weighted by atomic mass is 10.3. The summed E-state index contributed by atoms with van der Waals surface area (Å²) < 4.78 is 7.80. The zero-order chi connectivity index (χ0) is 13.8. The number of nitrogens with zero attached hydrogens (tertiary/aromatic N) is 3. The van der Waals surface area contributed by atoms with Gasteiger partial charge in [-0.2, -0.15) is 0 Å². The van der Waals surface area contributed by atoms with Crippen molar-refractivity contribution < 1.29 is 4.74 Å². The number of ether oxygens (including phenoxy) is 1. The topological polar surface area (TPSA) is 30.3 Å². The van der Waals surface area contributed by atoms with Crippen LogP contribution in [-0.4, -0.2) is 41.7 Å². The zero-order valence-corrected chi connectivity index (χ0v) is 12.4. The highest BCUT2D eigenvalue weighted by Gasteiger charge is 2.13. The number of alkyl halides is 1. The van der Waals surface area contributed by atoms with E-state index in [-0.39, 0.29) is 0 Å². The van der Waals surface area contributed by atoms with Gasteiger partial charge in [-0.15, -0.1) is 11.6 Å². The quantitative estimate of drug-likeness (QED) is 0.763. The predicted molar refractivity (Wildman–Crippen MR) is 79.0 cm³/mol. The van der Waals surface area contributed by atoms with Crippen molar-refractivity contribution in [2.24, 2.45) is 0 Å². The molecule has 0 bridgehead atoms. The summed E-state index contributed by atoms with van der Waals surface area (Å²) in [5.41, 5.74) is 1.99. The van der Waals surface area contributed by atoms with Crippen molar-refractivity contribution in [3.8, 4) is 5.75 Å². The molecule has 0 N–H and O–H groups in total. The molecule has 0 saturated heterocycles. The van der Waals surface area contributed by atoms with Crippen LogP contribution in [0.2, 0.25) is 0 Å². The molecule has 0 aliphatic rings. The van der Waals surface area contributed by atoms with Crippen LogP contribution in [0, 0.1) is 0 Å². The fourth-order valence-electron chi connectivity index (χ4n) is 2.09. The normalized spacial score (nSPS) is 11.4. The number of fused-ring (bicyclic) bond motifs is 1. The van der Waals surface area contributed by atoms with Gasteiger partial charge in [0.15, 0.2) is 0 Å². The van der Waals surface area contributed by atoms with Crippen LogP contribution in [0.25, 0.3) is 11.0 Å². The van der Waals surface area contributed by atoms with Crippen molar-refractivity contribution in [1.82, 2.24) is 14.5 Å². The van der Waals surface area contributed by atoms with Gasteiger partial charge in [-0.25, -0.2) is 4.98 Å². The van der Waals surface area contributed by atoms with Gasteiger partial charge in [-0.05, 0) is 33.2 Å². The molecule has 104 valence electrons. The minimum atomic E-state index is 0.410. The summed E-state index contributed by atoms with van der Waals surface area (Å²) in [4.78, 5) is 6.76. The third-order valence-corrected chi connectivity index (χ3v) is 3.25. The molecule has 0 unspecified atom stereocenters. The van der Waals surface area contributed by atoms with E-state index in [2.05, 4.69) is 34.6 Å². The lowest BCUT2D eigenvalue weighted by Crippen LogP contribution is -2.19. The van der Waals surface area contributed by atoms with E-state index >= 15 is 0 Å². The lowest BCUT2D eigenvalue weighted by molar-refractivity contribution is 0.343. The first-order valence-corrected chi connectivity index (χ1v) is 7.02. The average Bonchev–Trinajstić information content (AvgIpc) is 2.75. The molecule has 0 spiro atoms. The minimum absolute atomic E-state index is 0.410. The van der Waals surface area contributed by atoms with Gasteiger partial charge in [0.05, 0.1) is 18.0 Å². The Kier molecular flexibility index (Phi) is 4.66. The third kappa shape index (κ3) is 3.01. The maximum Gasteiger partial charge on any atom is 0.147 e. The fraction of sp³-hybridized carbons (Fsp3) is 0.500. The van der Waals surface area contributed by atoms with Gasteiger partial charge in [-0.3, -0.25) is 0 Å². The number of likely N-dealkylation sites (N-methyl/N-ethyl adjacent to an activating group) is 1. The molecule has 4 nitrogen and oxygen atoms in total. The maximum absolute atomic E-state index is 6.01. The highest BCUT2D eigenvalue weighted by Crippen LogP contribution is 2.26. The highest BCUT2D eigenvalue weighted by atomic mass is 35.5. The summed E-state index contributed by atoms with van der Waals surface area (Å²) in [6, 6.07) is 6.02. The van der Waals surface area contributed by atoms with Gasteiger partial charge in [0.2, 0.25) is 0 Å². The monoisotopic (exact) mass is 281 g/mol. The van der Waals surface area contributed by atoms with Crippen molar-refractivity contribution in [3.63, 3.8) is 0 Å². The predicted octanol–water partition coefficient (Wildman–Crippen LogP) is 2.74. The van der Waals surface area contributed by atoms with Gasteiger partial charge in [0, 0.05) is 13.1 Å². The molecule has 19 heavy (non-hydrogen) atoms. The first-order chi connectivity index (χ1) is 9.17. The molecule has 1 heterocycles. The Bertz CT molecular complexity index is 551. The number of aromatic nitrogens is 2. The van der Waals surface area contributed by atoms with Crippen molar-refractivity contribution in [2.45, 2.75) is 19.3 Å². The molecular weight excluding hydrogens is 262 g/mol. The number of hydrogen-bond acceptors (Lipinski definition) is 3. The summed E-state index contributed by atoms with van der Waals surface area (Å²) in [5.74, 6) is 2.13. The van der Waals surface area contributed by atoms with Crippen molar-refractivity contribution in [2.75, 3.05) is 27.2 Å². The smallest absolute Gasteiger partial charge is 0.147 e. The van der Waals surface area contributed by atoms with Crippen molar-refractivity contribution in [1.29, 1.82) is 0 Å². The minimum Gasteiger partial charge on any atom is -0.492 e. The Morgan fingerprint density at radius 2 is 2.16 bits per heavy atom. The number of hydrogen-bond donors (Lipinski definition) is 0. The number of benzene rings is 1. The molecular formula is C14H20ClN3O. The first kappa shape index (κ1) is 14.2. The molecule has 2 aromatic rings. The Hall–Kier alpha value is -1.26.